The second kappa shape index (κ2) is 9.46. The number of pyridine rings is 1. The third kappa shape index (κ3) is 4.85. The first-order valence-corrected chi connectivity index (χ1v) is 12.6. The van der Waals surface area contributed by atoms with Crippen LogP contribution in [0, 0.1) is 19.3 Å². The first-order valence-electron chi connectivity index (χ1n) is 12.6. The molecule has 2 aliphatic heterocycles. The smallest absolute Gasteiger partial charge is 0.251 e. The zero-order chi connectivity index (χ0) is 23.7. The van der Waals surface area contributed by atoms with Gasteiger partial charge in [0.1, 0.15) is 13.2 Å². The SMILES string of the molecule is Cc1ccc2c(C)cc(=O)n(CCN3CCC(C)(CCc4ccc5c(c4)OCCO5)CC3)c2c1. The van der Waals surface area contributed by atoms with Gasteiger partial charge in [-0.2, -0.15) is 0 Å². The number of rotatable bonds is 6. The molecule has 0 radical (unpaired) electrons. The Morgan fingerprint density at radius 2 is 1.68 bits per heavy atom. The molecule has 5 rings (SSSR count). The van der Waals surface area contributed by atoms with Gasteiger partial charge in [0, 0.05) is 24.5 Å². The van der Waals surface area contributed by atoms with Gasteiger partial charge in [-0.25, -0.2) is 0 Å². The number of hydrogen-bond donors (Lipinski definition) is 0. The van der Waals surface area contributed by atoms with E-state index in [9.17, 15) is 4.79 Å². The fourth-order valence-electron chi connectivity index (χ4n) is 5.39. The number of aromatic nitrogens is 1. The number of aryl methyl sites for hydroxylation is 3. The lowest BCUT2D eigenvalue weighted by molar-refractivity contribution is 0.108. The van der Waals surface area contributed by atoms with Crippen molar-refractivity contribution in [2.75, 3.05) is 32.8 Å². The predicted octanol–water partition coefficient (Wildman–Crippen LogP) is 5.12. The molecule has 5 nitrogen and oxygen atoms in total. The second-order valence-electron chi connectivity index (χ2n) is 10.5. The molecule has 0 aliphatic carbocycles. The molecule has 0 bridgehead atoms. The second-order valence-corrected chi connectivity index (χ2v) is 10.5. The van der Waals surface area contributed by atoms with Crippen molar-refractivity contribution < 1.29 is 9.47 Å². The molecule has 34 heavy (non-hydrogen) atoms. The van der Waals surface area contributed by atoms with Gasteiger partial charge >= 0.3 is 0 Å². The van der Waals surface area contributed by atoms with Gasteiger partial charge in [0.25, 0.3) is 5.56 Å². The summed E-state index contributed by atoms with van der Waals surface area (Å²) in [7, 11) is 0. The number of fused-ring (bicyclic) bond motifs is 2. The molecule has 180 valence electrons. The fraction of sp³-hybridized carbons (Fsp3) is 0.483. The van der Waals surface area contributed by atoms with Crippen LogP contribution < -0.4 is 15.0 Å². The van der Waals surface area contributed by atoms with Crippen LogP contribution in [0.15, 0.2) is 47.3 Å². The normalized spacial score (nSPS) is 17.7. The van der Waals surface area contributed by atoms with Gasteiger partial charge in [-0.1, -0.05) is 25.1 Å². The lowest BCUT2D eigenvalue weighted by Crippen LogP contribution is -2.41. The van der Waals surface area contributed by atoms with Gasteiger partial charge in [0.05, 0.1) is 5.52 Å². The highest BCUT2D eigenvalue weighted by Crippen LogP contribution is 2.37. The number of benzene rings is 2. The summed E-state index contributed by atoms with van der Waals surface area (Å²) in [4.78, 5) is 15.3. The molecule has 1 saturated heterocycles. The summed E-state index contributed by atoms with van der Waals surface area (Å²) in [5.74, 6) is 1.75. The molecule has 2 aliphatic rings. The minimum Gasteiger partial charge on any atom is -0.486 e. The van der Waals surface area contributed by atoms with Gasteiger partial charge in [-0.3, -0.25) is 4.79 Å². The maximum absolute atomic E-state index is 12.8. The Hall–Kier alpha value is -2.79. The van der Waals surface area contributed by atoms with Crippen LogP contribution in [0.1, 0.15) is 42.9 Å². The van der Waals surface area contributed by atoms with Crippen molar-refractivity contribution >= 4 is 10.9 Å². The molecule has 5 heteroatoms. The Labute approximate surface area is 202 Å². The van der Waals surface area contributed by atoms with Crippen LogP contribution in [0.3, 0.4) is 0 Å². The number of nitrogens with zero attached hydrogens (tertiary/aromatic N) is 2. The summed E-state index contributed by atoms with van der Waals surface area (Å²) in [6, 6.07) is 14.6. The molecule has 0 unspecified atom stereocenters. The number of piperidine rings is 1. The Morgan fingerprint density at radius 1 is 0.912 bits per heavy atom. The Balaban J connectivity index is 1.17. The van der Waals surface area contributed by atoms with Crippen molar-refractivity contribution in [2.24, 2.45) is 5.41 Å². The van der Waals surface area contributed by atoms with E-state index in [1.807, 2.05) is 17.6 Å². The fourth-order valence-corrected chi connectivity index (χ4v) is 5.39. The van der Waals surface area contributed by atoms with Gasteiger partial charge in [0.2, 0.25) is 0 Å². The van der Waals surface area contributed by atoms with E-state index in [0.717, 1.165) is 55.2 Å². The van der Waals surface area contributed by atoms with Crippen LogP contribution in [0.2, 0.25) is 0 Å². The average Bonchev–Trinajstić information content (AvgIpc) is 2.83. The molecule has 3 aromatic rings. The monoisotopic (exact) mass is 460 g/mol. The number of ether oxygens (including phenoxy) is 2. The van der Waals surface area contributed by atoms with Crippen molar-refractivity contribution in [1.82, 2.24) is 9.47 Å². The summed E-state index contributed by atoms with van der Waals surface area (Å²) in [6.45, 7) is 11.7. The first-order chi connectivity index (χ1) is 16.4. The highest BCUT2D eigenvalue weighted by molar-refractivity contribution is 5.83. The Bertz CT molecular complexity index is 1240. The standard InChI is InChI=1S/C29H36N2O3/c1-21-4-6-24-22(2)19-28(32)31(25(24)18-21)15-14-30-12-10-29(3,11-13-30)9-8-23-5-7-26-27(20-23)34-17-16-33-26/h4-7,18-20H,8-17H2,1-3H3. The molecule has 0 atom stereocenters. The van der Waals surface area contributed by atoms with Gasteiger partial charge in [-0.15, -0.1) is 0 Å². The lowest BCUT2D eigenvalue weighted by atomic mass is 9.76. The van der Waals surface area contributed by atoms with E-state index in [0.29, 0.717) is 18.6 Å². The summed E-state index contributed by atoms with van der Waals surface area (Å²) in [6.07, 6.45) is 4.64. The maximum Gasteiger partial charge on any atom is 0.251 e. The molecule has 0 N–H and O–H groups in total. The van der Waals surface area contributed by atoms with Crippen molar-refractivity contribution in [2.45, 2.75) is 53.0 Å². The van der Waals surface area contributed by atoms with E-state index in [2.05, 4.69) is 49.1 Å². The zero-order valence-corrected chi connectivity index (χ0v) is 20.7. The summed E-state index contributed by atoms with van der Waals surface area (Å²) in [5, 5.41) is 1.18. The third-order valence-electron chi connectivity index (χ3n) is 7.80. The quantitative estimate of drug-likeness (QED) is 0.512. The van der Waals surface area contributed by atoms with E-state index < -0.39 is 0 Å². The van der Waals surface area contributed by atoms with Crippen LogP contribution >= 0.6 is 0 Å². The molecule has 1 fully saturated rings. The maximum atomic E-state index is 12.8. The molecular weight excluding hydrogens is 424 g/mol. The Kier molecular flexibility index (Phi) is 6.39. The molecule has 1 aromatic heterocycles. The number of likely N-dealkylation sites (tertiary alicyclic amines) is 1. The Morgan fingerprint density at radius 3 is 2.47 bits per heavy atom. The summed E-state index contributed by atoms with van der Waals surface area (Å²) in [5.41, 5.74) is 5.10. The zero-order valence-electron chi connectivity index (χ0n) is 20.7. The van der Waals surface area contributed by atoms with Crippen LogP contribution in [0.25, 0.3) is 10.9 Å². The predicted molar refractivity (Wildman–Crippen MR) is 137 cm³/mol. The van der Waals surface area contributed by atoms with Crippen LogP contribution in [-0.2, 0) is 13.0 Å². The average molecular weight is 461 g/mol. The third-order valence-corrected chi connectivity index (χ3v) is 7.80. The molecular formula is C29H36N2O3. The van der Waals surface area contributed by atoms with Crippen molar-refractivity contribution in [3.05, 3.63) is 69.5 Å². The minimum absolute atomic E-state index is 0.108. The van der Waals surface area contributed by atoms with Crippen molar-refractivity contribution in [3.63, 3.8) is 0 Å². The highest BCUT2D eigenvalue weighted by Gasteiger charge is 2.29. The highest BCUT2D eigenvalue weighted by atomic mass is 16.6. The summed E-state index contributed by atoms with van der Waals surface area (Å²) < 4.78 is 13.4. The van der Waals surface area contributed by atoms with E-state index in [-0.39, 0.29) is 5.56 Å². The van der Waals surface area contributed by atoms with Gasteiger partial charge in [-0.05, 0) is 92.9 Å². The first kappa shape index (κ1) is 23.0. The van der Waals surface area contributed by atoms with E-state index >= 15 is 0 Å². The van der Waals surface area contributed by atoms with Crippen LogP contribution in [-0.4, -0.2) is 42.3 Å². The van der Waals surface area contributed by atoms with Gasteiger partial charge in [0.15, 0.2) is 11.5 Å². The largest absolute Gasteiger partial charge is 0.486 e. The molecule has 3 heterocycles. The van der Waals surface area contributed by atoms with Crippen molar-refractivity contribution in [3.8, 4) is 11.5 Å². The van der Waals surface area contributed by atoms with E-state index in [1.54, 1.807) is 6.07 Å². The van der Waals surface area contributed by atoms with E-state index in [1.165, 1.54) is 35.8 Å². The minimum atomic E-state index is 0.108. The van der Waals surface area contributed by atoms with E-state index in [4.69, 9.17) is 9.47 Å². The van der Waals surface area contributed by atoms with Crippen molar-refractivity contribution in [1.29, 1.82) is 0 Å². The molecule has 0 spiro atoms. The lowest BCUT2D eigenvalue weighted by Gasteiger charge is -2.39. The molecule has 2 aromatic carbocycles. The summed E-state index contributed by atoms with van der Waals surface area (Å²) >= 11 is 0. The van der Waals surface area contributed by atoms with Crippen LogP contribution in [0.5, 0.6) is 11.5 Å². The molecule has 0 amide bonds. The molecule has 0 saturated carbocycles. The van der Waals surface area contributed by atoms with Gasteiger partial charge < -0.3 is 18.9 Å². The number of hydrogen-bond acceptors (Lipinski definition) is 4. The topological polar surface area (TPSA) is 43.7 Å². The van der Waals surface area contributed by atoms with Crippen LogP contribution in [0.4, 0.5) is 0 Å².